The molecule has 1 saturated heterocycles. The van der Waals surface area contributed by atoms with Crippen molar-refractivity contribution >= 4 is 46.6 Å². The summed E-state index contributed by atoms with van der Waals surface area (Å²) in [4.78, 5) is 21.1. The first kappa shape index (κ1) is 27.6. The van der Waals surface area contributed by atoms with E-state index in [2.05, 4.69) is 22.5 Å². The maximum atomic E-state index is 12.3. The lowest BCUT2D eigenvalue weighted by atomic mass is 9.95. The van der Waals surface area contributed by atoms with E-state index in [-0.39, 0.29) is 35.9 Å². The normalized spacial score (nSPS) is 26.0. The molecule has 1 aliphatic heterocycles. The Labute approximate surface area is 202 Å². The molecule has 4 atom stereocenters. The molecule has 9 heteroatoms. The van der Waals surface area contributed by atoms with Gasteiger partial charge in [0.1, 0.15) is 0 Å². The van der Waals surface area contributed by atoms with Crippen LogP contribution in [0.5, 0.6) is 0 Å². The summed E-state index contributed by atoms with van der Waals surface area (Å²) in [6.45, 7) is 7.57. The Morgan fingerprint density at radius 1 is 1.20 bits per heavy atom. The van der Waals surface area contributed by atoms with Crippen molar-refractivity contribution in [3.8, 4) is 0 Å². The minimum atomic E-state index is -0.709. The van der Waals surface area contributed by atoms with E-state index in [4.69, 9.17) is 4.99 Å². The van der Waals surface area contributed by atoms with Gasteiger partial charge >= 0.3 is 0 Å². The van der Waals surface area contributed by atoms with Crippen molar-refractivity contribution in [1.29, 1.82) is 0 Å². The van der Waals surface area contributed by atoms with Crippen LogP contribution in [-0.4, -0.2) is 89.2 Å². The van der Waals surface area contributed by atoms with Gasteiger partial charge in [0.25, 0.3) is 0 Å². The number of amides is 1. The summed E-state index contributed by atoms with van der Waals surface area (Å²) < 4.78 is 12.2. The molecule has 2 aliphatic rings. The van der Waals surface area contributed by atoms with E-state index in [0.717, 1.165) is 82.8 Å². The van der Waals surface area contributed by atoms with Crippen molar-refractivity contribution in [3.63, 3.8) is 0 Å². The Morgan fingerprint density at radius 3 is 2.63 bits per heavy atom. The van der Waals surface area contributed by atoms with Gasteiger partial charge in [-0.05, 0) is 52.0 Å². The predicted octanol–water partition coefficient (Wildman–Crippen LogP) is 2.18. The fraction of sp³-hybridized carbons (Fsp3) is 0.905. The van der Waals surface area contributed by atoms with Crippen molar-refractivity contribution in [3.05, 3.63) is 0 Å². The van der Waals surface area contributed by atoms with Crippen LogP contribution in [0, 0.1) is 0 Å². The Kier molecular flexibility index (Phi) is 13.4. The Bertz CT molecular complexity index is 576. The fourth-order valence-electron chi connectivity index (χ4n) is 4.40. The number of likely N-dealkylation sites (tertiary alicyclic amines) is 1. The number of nitrogens with zero attached hydrogens (tertiary/aromatic N) is 3. The number of halogens is 1. The van der Waals surface area contributed by atoms with Crippen LogP contribution in [0.4, 0.5) is 0 Å². The summed E-state index contributed by atoms with van der Waals surface area (Å²) in [5.74, 6) is 1.83. The number of carbonyl (C=O) groups excluding carboxylic acids is 1. The average molecular weight is 556 g/mol. The summed E-state index contributed by atoms with van der Waals surface area (Å²) in [5, 5.41) is 7.23. The Morgan fingerprint density at radius 2 is 1.97 bits per heavy atom. The van der Waals surface area contributed by atoms with Gasteiger partial charge in [0, 0.05) is 61.6 Å². The quantitative estimate of drug-likeness (QED) is 0.198. The first-order chi connectivity index (χ1) is 14.0. The largest absolute Gasteiger partial charge is 0.357 e. The van der Waals surface area contributed by atoms with E-state index >= 15 is 0 Å². The number of hydrogen-bond acceptors (Lipinski definition) is 4. The molecule has 1 aliphatic carbocycles. The zero-order valence-corrected chi connectivity index (χ0v) is 22.3. The van der Waals surface area contributed by atoms with Gasteiger partial charge in [-0.1, -0.05) is 13.3 Å². The van der Waals surface area contributed by atoms with E-state index in [0.29, 0.717) is 11.3 Å². The van der Waals surface area contributed by atoms with E-state index in [1.54, 1.807) is 4.90 Å². The minimum Gasteiger partial charge on any atom is -0.357 e. The van der Waals surface area contributed by atoms with Gasteiger partial charge in [-0.2, -0.15) is 0 Å². The number of aliphatic imine (C=N–C) groups is 1. The SMILES string of the molecule is CCNC(=NCCCN1CCCC1C(=O)N(C)C)NC1CCCC(S(=O)CC)C1.I. The standard InChI is InChI=1S/C21H41N5O2S.HI/c1-5-22-21(24-17-10-7-11-18(16-17)29(28)6-2)23-13-9-15-26-14-8-12-19(26)20(27)25(3)4;/h17-19H,5-16H2,1-4H3,(H2,22,23,24);1H. The zero-order valence-electron chi connectivity index (χ0n) is 19.2. The molecule has 30 heavy (non-hydrogen) atoms. The molecule has 0 aromatic rings. The van der Waals surface area contributed by atoms with Crippen LogP contribution in [0.2, 0.25) is 0 Å². The molecular weight excluding hydrogens is 513 g/mol. The predicted molar refractivity (Wildman–Crippen MR) is 137 cm³/mol. The smallest absolute Gasteiger partial charge is 0.239 e. The molecule has 0 radical (unpaired) electrons. The molecule has 0 spiro atoms. The van der Waals surface area contributed by atoms with Crippen LogP contribution < -0.4 is 10.6 Å². The molecule has 0 aromatic carbocycles. The average Bonchev–Trinajstić information content (AvgIpc) is 3.18. The third kappa shape index (κ3) is 8.61. The van der Waals surface area contributed by atoms with Crippen molar-refractivity contribution in [2.24, 2.45) is 4.99 Å². The first-order valence-electron chi connectivity index (χ1n) is 11.3. The maximum Gasteiger partial charge on any atom is 0.239 e. The second kappa shape index (κ2) is 14.6. The monoisotopic (exact) mass is 555 g/mol. The fourth-order valence-corrected chi connectivity index (χ4v) is 5.75. The summed E-state index contributed by atoms with van der Waals surface area (Å²) in [6, 6.07) is 0.390. The molecule has 0 bridgehead atoms. The lowest BCUT2D eigenvalue weighted by Crippen LogP contribution is -2.46. The summed E-state index contributed by atoms with van der Waals surface area (Å²) in [6.07, 6.45) is 7.29. The molecule has 7 nitrogen and oxygen atoms in total. The topological polar surface area (TPSA) is 77.0 Å². The molecule has 2 rings (SSSR count). The maximum absolute atomic E-state index is 12.3. The highest BCUT2D eigenvalue weighted by molar-refractivity contribution is 14.0. The van der Waals surface area contributed by atoms with Gasteiger partial charge in [0.15, 0.2) is 5.96 Å². The summed E-state index contributed by atoms with van der Waals surface area (Å²) in [7, 11) is 2.96. The van der Waals surface area contributed by atoms with Crippen LogP contribution >= 0.6 is 24.0 Å². The number of likely N-dealkylation sites (N-methyl/N-ethyl adjacent to an activating group) is 1. The van der Waals surface area contributed by atoms with E-state index in [9.17, 15) is 9.00 Å². The molecule has 4 unspecified atom stereocenters. The lowest BCUT2D eigenvalue weighted by molar-refractivity contribution is -0.133. The zero-order chi connectivity index (χ0) is 21.2. The minimum absolute atomic E-state index is 0. The number of nitrogens with one attached hydrogen (secondary N) is 2. The highest BCUT2D eigenvalue weighted by Crippen LogP contribution is 2.23. The van der Waals surface area contributed by atoms with Crippen LogP contribution in [-0.2, 0) is 15.6 Å². The summed E-state index contributed by atoms with van der Waals surface area (Å²) >= 11 is 0. The van der Waals surface area contributed by atoms with E-state index in [1.807, 2.05) is 21.0 Å². The van der Waals surface area contributed by atoms with Gasteiger partial charge in [-0.25, -0.2) is 0 Å². The van der Waals surface area contributed by atoms with Crippen LogP contribution in [0.15, 0.2) is 4.99 Å². The molecule has 1 saturated carbocycles. The molecular formula is C21H42IN5O2S. The molecule has 2 N–H and O–H groups in total. The second-order valence-corrected chi connectivity index (χ2v) is 10.3. The molecule has 0 aromatic heterocycles. The Balaban J connectivity index is 0.00000450. The third-order valence-corrected chi connectivity index (χ3v) is 7.67. The van der Waals surface area contributed by atoms with Crippen LogP contribution in [0.1, 0.15) is 58.8 Å². The Hall–Kier alpha value is -0.420. The molecule has 2 fully saturated rings. The van der Waals surface area contributed by atoms with Crippen LogP contribution in [0.25, 0.3) is 0 Å². The van der Waals surface area contributed by atoms with Crippen molar-refractivity contribution < 1.29 is 9.00 Å². The highest BCUT2D eigenvalue weighted by atomic mass is 127. The molecule has 1 amide bonds. The first-order valence-corrected chi connectivity index (χ1v) is 12.7. The highest BCUT2D eigenvalue weighted by Gasteiger charge is 2.31. The third-order valence-electron chi connectivity index (χ3n) is 5.93. The number of guanidine groups is 1. The second-order valence-electron chi connectivity index (χ2n) is 8.34. The number of hydrogen-bond donors (Lipinski definition) is 2. The van der Waals surface area contributed by atoms with E-state index in [1.165, 1.54) is 0 Å². The van der Waals surface area contributed by atoms with Gasteiger partial charge in [-0.3, -0.25) is 18.9 Å². The molecule has 1 heterocycles. The van der Waals surface area contributed by atoms with Crippen molar-refractivity contribution in [2.75, 3.05) is 46.0 Å². The van der Waals surface area contributed by atoms with Crippen molar-refractivity contribution in [1.82, 2.24) is 20.4 Å². The van der Waals surface area contributed by atoms with Gasteiger partial charge in [-0.15, -0.1) is 24.0 Å². The number of rotatable bonds is 9. The van der Waals surface area contributed by atoms with Gasteiger partial charge in [0.05, 0.1) is 6.04 Å². The van der Waals surface area contributed by atoms with Gasteiger partial charge < -0.3 is 15.5 Å². The number of carbonyl (C=O) groups is 1. The van der Waals surface area contributed by atoms with Gasteiger partial charge in [0.2, 0.25) is 5.91 Å². The van der Waals surface area contributed by atoms with E-state index < -0.39 is 10.8 Å². The van der Waals surface area contributed by atoms with Crippen LogP contribution in [0.3, 0.4) is 0 Å². The molecule has 176 valence electrons. The van der Waals surface area contributed by atoms with Crippen molar-refractivity contribution in [2.45, 2.75) is 76.1 Å². The summed E-state index contributed by atoms with van der Waals surface area (Å²) in [5.41, 5.74) is 0. The lowest BCUT2D eigenvalue weighted by Gasteiger charge is -2.30.